The lowest BCUT2D eigenvalue weighted by Gasteiger charge is -2.14. The van der Waals surface area contributed by atoms with E-state index < -0.39 is 0 Å². The highest BCUT2D eigenvalue weighted by Gasteiger charge is 2.09. The zero-order chi connectivity index (χ0) is 19.1. The number of carbonyl (C=O) groups excluding carboxylic acids is 2. The number of nitrogens with one attached hydrogen (secondary N) is 3. The summed E-state index contributed by atoms with van der Waals surface area (Å²) < 4.78 is 5.32. The summed E-state index contributed by atoms with van der Waals surface area (Å²) in [5.41, 5.74) is 4.15. The van der Waals surface area contributed by atoms with Crippen LogP contribution in [0.25, 0.3) is 0 Å². The zero-order valence-electron chi connectivity index (χ0n) is 15.6. The van der Waals surface area contributed by atoms with E-state index in [4.69, 9.17) is 4.74 Å². The standard InChI is InChI=1S/C20H25N3O3/c1-13-5-7-16(22-15(3)24)17(11-13)23-20(25)9-10-21-18-12-14(2)6-8-19(18)26-4/h5-8,11-12,21H,9-10H2,1-4H3,(H,22,24)(H,23,25). The van der Waals surface area contributed by atoms with E-state index in [-0.39, 0.29) is 18.2 Å². The molecular weight excluding hydrogens is 330 g/mol. The summed E-state index contributed by atoms with van der Waals surface area (Å²) in [7, 11) is 1.61. The number of anilines is 3. The third-order valence-corrected chi connectivity index (χ3v) is 3.78. The summed E-state index contributed by atoms with van der Waals surface area (Å²) in [5.74, 6) is 0.418. The first-order chi connectivity index (χ1) is 12.4. The number of amides is 2. The van der Waals surface area contributed by atoms with Crippen molar-refractivity contribution in [2.24, 2.45) is 0 Å². The number of hydrogen-bond donors (Lipinski definition) is 3. The summed E-state index contributed by atoms with van der Waals surface area (Å²) in [6.07, 6.45) is 0.282. The molecule has 0 aliphatic heterocycles. The minimum Gasteiger partial charge on any atom is -0.495 e. The van der Waals surface area contributed by atoms with Gasteiger partial charge < -0.3 is 20.7 Å². The number of hydrogen-bond acceptors (Lipinski definition) is 4. The molecular formula is C20H25N3O3. The first-order valence-corrected chi connectivity index (χ1v) is 8.45. The number of ether oxygens (including phenoxy) is 1. The van der Waals surface area contributed by atoms with Gasteiger partial charge in [-0.3, -0.25) is 9.59 Å². The van der Waals surface area contributed by atoms with E-state index in [0.717, 1.165) is 22.6 Å². The van der Waals surface area contributed by atoms with E-state index in [1.165, 1.54) is 6.92 Å². The van der Waals surface area contributed by atoms with Crippen molar-refractivity contribution >= 4 is 28.9 Å². The van der Waals surface area contributed by atoms with Crippen molar-refractivity contribution in [1.82, 2.24) is 0 Å². The molecule has 0 spiro atoms. The van der Waals surface area contributed by atoms with Crippen molar-refractivity contribution in [1.29, 1.82) is 0 Å². The van der Waals surface area contributed by atoms with Crippen LogP contribution in [-0.2, 0) is 9.59 Å². The molecule has 0 aromatic heterocycles. The molecule has 0 atom stereocenters. The molecule has 2 rings (SSSR count). The molecule has 2 amide bonds. The normalized spacial score (nSPS) is 10.2. The predicted octanol–water partition coefficient (Wildman–Crippen LogP) is 3.71. The van der Waals surface area contributed by atoms with Gasteiger partial charge in [-0.05, 0) is 49.2 Å². The van der Waals surface area contributed by atoms with Crippen LogP contribution in [0.4, 0.5) is 17.1 Å². The second-order valence-corrected chi connectivity index (χ2v) is 6.16. The fourth-order valence-electron chi connectivity index (χ4n) is 2.54. The molecule has 0 saturated carbocycles. The molecule has 2 aromatic rings. The molecule has 0 heterocycles. The van der Waals surface area contributed by atoms with Crippen LogP contribution in [0.3, 0.4) is 0 Å². The molecule has 0 bridgehead atoms. The van der Waals surface area contributed by atoms with E-state index >= 15 is 0 Å². The highest BCUT2D eigenvalue weighted by Crippen LogP contribution is 2.25. The summed E-state index contributed by atoms with van der Waals surface area (Å²) in [5, 5.41) is 8.81. The van der Waals surface area contributed by atoms with Gasteiger partial charge in [0.2, 0.25) is 11.8 Å². The van der Waals surface area contributed by atoms with Crippen molar-refractivity contribution in [3.05, 3.63) is 47.5 Å². The van der Waals surface area contributed by atoms with Crippen LogP contribution in [0.15, 0.2) is 36.4 Å². The van der Waals surface area contributed by atoms with Crippen LogP contribution in [0.1, 0.15) is 24.5 Å². The Kier molecular flexibility index (Phi) is 6.60. The minimum atomic E-state index is -0.183. The number of methoxy groups -OCH3 is 1. The largest absolute Gasteiger partial charge is 0.495 e. The van der Waals surface area contributed by atoms with E-state index in [0.29, 0.717) is 17.9 Å². The number of rotatable bonds is 7. The Labute approximate surface area is 153 Å². The van der Waals surface area contributed by atoms with Gasteiger partial charge >= 0.3 is 0 Å². The average Bonchev–Trinajstić information content (AvgIpc) is 2.57. The van der Waals surface area contributed by atoms with Gasteiger partial charge in [-0.2, -0.15) is 0 Å². The minimum absolute atomic E-state index is 0.138. The van der Waals surface area contributed by atoms with Crippen molar-refractivity contribution in [2.75, 3.05) is 29.6 Å². The third-order valence-electron chi connectivity index (χ3n) is 3.78. The molecule has 6 nitrogen and oxygen atoms in total. The first kappa shape index (κ1) is 19.3. The summed E-state index contributed by atoms with van der Waals surface area (Å²) >= 11 is 0. The highest BCUT2D eigenvalue weighted by atomic mass is 16.5. The fourth-order valence-corrected chi connectivity index (χ4v) is 2.54. The number of carbonyl (C=O) groups is 2. The Balaban J connectivity index is 1.96. The van der Waals surface area contributed by atoms with Crippen molar-refractivity contribution in [3.63, 3.8) is 0 Å². The molecule has 26 heavy (non-hydrogen) atoms. The fraction of sp³-hybridized carbons (Fsp3) is 0.300. The zero-order valence-corrected chi connectivity index (χ0v) is 15.6. The first-order valence-electron chi connectivity index (χ1n) is 8.45. The lowest BCUT2D eigenvalue weighted by atomic mass is 10.2. The second-order valence-electron chi connectivity index (χ2n) is 6.16. The molecule has 138 valence electrons. The molecule has 3 N–H and O–H groups in total. The van der Waals surface area contributed by atoms with Gasteiger partial charge in [-0.1, -0.05) is 12.1 Å². The van der Waals surface area contributed by atoms with Crippen LogP contribution in [0, 0.1) is 13.8 Å². The summed E-state index contributed by atoms with van der Waals surface area (Å²) in [6.45, 7) is 5.83. The maximum Gasteiger partial charge on any atom is 0.226 e. The lowest BCUT2D eigenvalue weighted by Crippen LogP contribution is -2.18. The molecule has 0 saturated heterocycles. The van der Waals surface area contributed by atoms with Gasteiger partial charge in [-0.15, -0.1) is 0 Å². The molecule has 0 radical (unpaired) electrons. The predicted molar refractivity (Wildman–Crippen MR) is 105 cm³/mol. The lowest BCUT2D eigenvalue weighted by molar-refractivity contribution is -0.116. The second kappa shape index (κ2) is 8.89. The van der Waals surface area contributed by atoms with Crippen LogP contribution >= 0.6 is 0 Å². The van der Waals surface area contributed by atoms with Crippen LogP contribution in [-0.4, -0.2) is 25.5 Å². The summed E-state index contributed by atoms with van der Waals surface area (Å²) in [6, 6.07) is 11.3. The van der Waals surface area contributed by atoms with Gasteiger partial charge in [0, 0.05) is 19.9 Å². The van der Waals surface area contributed by atoms with E-state index in [1.54, 1.807) is 13.2 Å². The molecule has 0 aliphatic rings. The highest BCUT2D eigenvalue weighted by molar-refractivity contribution is 5.99. The number of aryl methyl sites for hydroxylation is 2. The van der Waals surface area contributed by atoms with E-state index in [1.807, 2.05) is 44.2 Å². The smallest absolute Gasteiger partial charge is 0.226 e. The average molecular weight is 355 g/mol. The molecule has 0 unspecified atom stereocenters. The maximum atomic E-state index is 12.3. The Bertz CT molecular complexity index is 803. The van der Waals surface area contributed by atoms with Crippen molar-refractivity contribution < 1.29 is 14.3 Å². The maximum absolute atomic E-state index is 12.3. The van der Waals surface area contributed by atoms with Gasteiger partial charge in [0.05, 0.1) is 24.2 Å². The quantitative estimate of drug-likeness (QED) is 0.707. The Morgan fingerprint density at radius 2 is 1.58 bits per heavy atom. The number of benzene rings is 2. The molecule has 0 fully saturated rings. The summed E-state index contributed by atoms with van der Waals surface area (Å²) in [4.78, 5) is 23.6. The third kappa shape index (κ3) is 5.51. The van der Waals surface area contributed by atoms with Gasteiger partial charge in [0.25, 0.3) is 0 Å². The van der Waals surface area contributed by atoms with Crippen LogP contribution in [0.5, 0.6) is 5.75 Å². The van der Waals surface area contributed by atoms with Crippen molar-refractivity contribution in [2.45, 2.75) is 27.2 Å². The topological polar surface area (TPSA) is 79.5 Å². The molecule has 2 aromatic carbocycles. The molecule has 0 aliphatic carbocycles. The SMILES string of the molecule is COc1ccc(C)cc1NCCC(=O)Nc1cc(C)ccc1NC(C)=O. The van der Waals surface area contributed by atoms with Gasteiger partial charge in [0.1, 0.15) is 5.75 Å². The monoisotopic (exact) mass is 355 g/mol. The van der Waals surface area contributed by atoms with Crippen LogP contribution < -0.4 is 20.7 Å². The van der Waals surface area contributed by atoms with Crippen molar-refractivity contribution in [3.8, 4) is 5.75 Å². The Hall–Kier alpha value is -3.02. The van der Waals surface area contributed by atoms with E-state index in [9.17, 15) is 9.59 Å². The van der Waals surface area contributed by atoms with E-state index in [2.05, 4.69) is 16.0 Å². The Morgan fingerprint density at radius 1 is 0.923 bits per heavy atom. The Morgan fingerprint density at radius 3 is 2.23 bits per heavy atom. The van der Waals surface area contributed by atoms with Crippen LogP contribution in [0.2, 0.25) is 0 Å². The van der Waals surface area contributed by atoms with Gasteiger partial charge in [0.15, 0.2) is 0 Å². The molecule has 6 heteroatoms. The van der Waals surface area contributed by atoms with Gasteiger partial charge in [-0.25, -0.2) is 0 Å².